The summed E-state index contributed by atoms with van der Waals surface area (Å²) < 4.78 is 6.76. The number of rotatable bonds is 3. The Kier molecular flexibility index (Phi) is 3.62. The molecular weight excluding hydrogens is 318 g/mol. The Balaban J connectivity index is 1.96. The van der Waals surface area contributed by atoms with E-state index in [1.165, 1.54) is 0 Å². The molecule has 0 unspecified atom stereocenters. The maximum absolute atomic E-state index is 5.79. The topological polar surface area (TPSA) is 61.0 Å². The van der Waals surface area contributed by atoms with Crippen molar-refractivity contribution >= 4 is 27.0 Å². The molecule has 0 radical (unpaired) electrons. The number of fused-ring (bicyclic) bond motifs is 1. The van der Waals surface area contributed by atoms with Gasteiger partial charge in [0.25, 0.3) is 0 Å². The van der Waals surface area contributed by atoms with Crippen LogP contribution in [0, 0.1) is 0 Å². The highest BCUT2D eigenvalue weighted by Gasteiger charge is 2.06. The summed E-state index contributed by atoms with van der Waals surface area (Å²) in [7, 11) is 0. The van der Waals surface area contributed by atoms with Crippen molar-refractivity contribution in [1.29, 1.82) is 0 Å². The quantitative estimate of drug-likeness (QED) is 0.796. The van der Waals surface area contributed by atoms with E-state index in [9.17, 15) is 0 Å². The van der Waals surface area contributed by atoms with Gasteiger partial charge in [-0.1, -0.05) is 28.1 Å². The zero-order valence-electron chi connectivity index (χ0n) is 10.6. The second-order valence-electron chi connectivity index (χ2n) is 4.26. The number of hydrogen-bond acceptors (Lipinski definition) is 4. The highest BCUT2D eigenvalue weighted by Crippen LogP contribution is 2.27. The number of aromatic nitrogens is 2. The molecule has 0 saturated carbocycles. The predicted octanol–water partition coefficient (Wildman–Crippen LogP) is 3.64. The van der Waals surface area contributed by atoms with Crippen LogP contribution in [0.15, 0.2) is 53.1 Å². The lowest BCUT2D eigenvalue weighted by Crippen LogP contribution is -2.00. The van der Waals surface area contributed by atoms with E-state index in [4.69, 9.17) is 10.5 Å². The van der Waals surface area contributed by atoms with Gasteiger partial charge in [0.05, 0.1) is 17.2 Å². The Labute approximate surface area is 124 Å². The fourth-order valence-electron chi connectivity index (χ4n) is 1.91. The summed E-state index contributed by atoms with van der Waals surface area (Å²) >= 11 is 3.42. The first-order chi connectivity index (χ1) is 9.76. The monoisotopic (exact) mass is 329 g/mol. The lowest BCUT2D eigenvalue weighted by Gasteiger charge is -2.09. The minimum Gasteiger partial charge on any atom is -0.437 e. The van der Waals surface area contributed by atoms with Gasteiger partial charge >= 0.3 is 0 Å². The third-order valence-corrected chi connectivity index (χ3v) is 3.38. The number of hydrogen-bond donors (Lipinski definition) is 1. The summed E-state index contributed by atoms with van der Waals surface area (Å²) in [6.45, 7) is 0.399. The number of nitrogens with two attached hydrogens (primary N) is 1. The molecule has 3 aromatic rings. The van der Waals surface area contributed by atoms with Gasteiger partial charge in [0, 0.05) is 16.6 Å². The molecule has 0 aliphatic rings. The smallest absolute Gasteiger partial charge is 0.238 e. The van der Waals surface area contributed by atoms with Gasteiger partial charge in [0.15, 0.2) is 0 Å². The second kappa shape index (κ2) is 5.56. The third-order valence-electron chi connectivity index (χ3n) is 2.88. The zero-order chi connectivity index (χ0) is 13.9. The molecule has 2 aromatic carbocycles. The van der Waals surface area contributed by atoms with Gasteiger partial charge in [0.2, 0.25) is 5.88 Å². The van der Waals surface area contributed by atoms with Crippen molar-refractivity contribution in [2.45, 2.75) is 6.54 Å². The van der Waals surface area contributed by atoms with Crippen molar-refractivity contribution in [2.75, 3.05) is 0 Å². The van der Waals surface area contributed by atoms with Crippen LogP contribution in [0.1, 0.15) is 5.56 Å². The SMILES string of the molecule is NCc1cc(Br)ccc1Oc1cnc2ccccc2n1. The number of ether oxygens (including phenoxy) is 1. The Bertz CT molecular complexity index is 761. The average Bonchev–Trinajstić information content (AvgIpc) is 2.49. The van der Waals surface area contributed by atoms with Crippen molar-refractivity contribution in [3.05, 3.63) is 58.7 Å². The summed E-state index contributed by atoms with van der Waals surface area (Å²) in [6.07, 6.45) is 1.62. The van der Waals surface area contributed by atoms with Crippen LogP contribution in [0.2, 0.25) is 0 Å². The minimum absolute atomic E-state index is 0.399. The molecule has 0 fully saturated rings. The first kappa shape index (κ1) is 13.0. The Morgan fingerprint density at radius 2 is 1.90 bits per heavy atom. The number of benzene rings is 2. The van der Waals surface area contributed by atoms with Crippen molar-refractivity contribution in [3.8, 4) is 11.6 Å². The van der Waals surface area contributed by atoms with Crippen molar-refractivity contribution < 1.29 is 4.74 Å². The van der Waals surface area contributed by atoms with Crippen LogP contribution in [-0.2, 0) is 6.54 Å². The summed E-state index contributed by atoms with van der Waals surface area (Å²) in [6, 6.07) is 13.4. The molecule has 5 heteroatoms. The van der Waals surface area contributed by atoms with E-state index < -0.39 is 0 Å². The van der Waals surface area contributed by atoms with E-state index in [1.807, 2.05) is 42.5 Å². The van der Waals surface area contributed by atoms with E-state index in [0.717, 1.165) is 21.1 Å². The van der Waals surface area contributed by atoms with Gasteiger partial charge in [-0.3, -0.25) is 0 Å². The van der Waals surface area contributed by atoms with Gasteiger partial charge in [-0.15, -0.1) is 0 Å². The molecule has 0 aliphatic heterocycles. The van der Waals surface area contributed by atoms with Crippen LogP contribution >= 0.6 is 15.9 Å². The van der Waals surface area contributed by atoms with Crippen LogP contribution in [0.5, 0.6) is 11.6 Å². The molecule has 0 saturated heterocycles. The van der Waals surface area contributed by atoms with E-state index in [-0.39, 0.29) is 0 Å². The van der Waals surface area contributed by atoms with E-state index in [1.54, 1.807) is 6.20 Å². The van der Waals surface area contributed by atoms with Gasteiger partial charge in [0.1, 0.15) is 5.75 Å². The zero-order valence-corrected chi connectivity index (χ0v) is 12.2. The molecule has 1 heterocycles. The lowest BCUT2D eigenvalue weighted by atomic mass is 10.2. The van der Waals surface area contributed by atoms with Crippen LogP contribution in [0.25, 0.3) is 11.0 Å². The number of nitrogens with zero attached hydrogens (tertiary/aromatic N) is 2. The number of halogens is 1. The third kappa shape index (κ3) is 2.64. The lowest BCUT2D eigenvalue weighted by molar-refractivity contribution is 0.457. The molecule has 20 heavy (non-hydrogen) atoms. The van der Waals surface area contributed by atoms with Crippen molar-refractivity contribution in [2.24, 2.45) is 5.73 Å². The highest BCUT2D eigenvalue weighted by molar-refractivity contribution is 9.10. The van der Waals surface area contributed by atoms with E-state index in [0.29, 0.717) is 18.2 Å². The largest absolute Gasteiger partial charge is 0.437 e. The first-order valence-electron chi connectivity index (χ1n) is 6.14. The van der Waals surface area contributed by atoms with E-state index in [2.05, 4.69) is 25.9 Å². The van der Waals surface area contributed by atoms with Crippen molar-refractivity contribution in [1.82, 2.24) is 9.97 Å². The van der Waals surface area contributed by atoms with Crippen LogP contribution < -0.4 is 10.5 Å². The molecular formula is C15H12BrN3O. The maximum atomic E-state index is 5.79. The molecule has 4 nitrogen and oxygen atoms in total. The Hall–Kier alpha value is -1.98. The van der Waals surface area contributed by atoms with E-state index >= 15 is 0 Å². The fraction of sp³-hybridized carbons (Fsp3) is 0.0667. The van der Waals surface area contributed by atoms with Crippen LogP contribution in [0.4, 0.5) is 0 Å². The standard InChI is InChI=1S/C15H12BrN3O/c16-11-5-6-14(10(7-11)8-17)20-15-9-18-12-3-1-2-4-13(12)19-15/h1-7,9H,8,17H2. The molecule has 3 rings (SSSR count). The molecule has 0 amide bonds. The summed E-state index contributed by atoms with van der Waals surface area (Å²) in [5.41, 5.74) is 8.28. The highest BCUT2D eigenvalue weighted by atomic mass is 79.9. The molecule has 100 valence electrons. The molecule has 0 aliphatic carbocycles. The van der Waals surface area contributed by atoms with Gasteiger partial charge in [-0.05, 0) is 30.3 Å². The maximum Gasteiger partial charge on any atom is 0.238 e. The van der Waals surface area contributed by atoms with Crippen LogP contribution in [0.3, 0.4) is 0 Å². The van der Waals surface area contributed by atoms with Gasteiger partial charge in [-0.25, -0.2) is 9.97 Å². The summed E-state index contributed by atoms with van der Waals surface area (Å²) in [5, 5.41) is 0. The Morgan fingerprint density at radius 3 is 2.70 bits per heavy atom. The normalized spacial score (nSPS) is 10.7. The molecule has 2 N–H and O–H groups in total. The molecule has 0 atom stereocenters. The van der Waals surface area contributed by atoms with Gasteiger partial charge < -0.3 is 10.5 Å². The predicted molar refractivity (Wildman–Crippen MR) is 81.6 cm³/mol. The molecule has 0 spiro atoms. The number of para-hydroxylation sites is 2. The van der Waals surface area contributed by atoms with Crippen LogP contribution in [-0.4, -0.2) is 9.97 Å². The average molecular weight is 330 g/mol. The summed E-state index contributed by atoms with van der Waals surface area (Å²) in [4.78, 5) is 8.75. The minimum atomic E-state index is 0.399. The second-order valence-corrected chi connectivity index (χ2v) is 5.17. The first-order valence-corrected chi connectivity index (χ1v) is 6.94. The van der Waals surface area contributed by atoms with Gasteiger partial charge in [-0.2, -0.15) is 0 Å². The molecule has 0 bridgehead atoms. The molecule has 1 aromatic heterocycles. The van der Waals surface area contributed by atoms with Crippen molar-refractivity contribution in [3.63, 3.8) is 0 Å². The Morgan fingerprint density at radius 1 is 1.10 bits per heavy atom. The summed E-state index contributed by atoms with van der Waals surface area (Å²) in [5.74, 6) is 1.15. The fourth-order valence-corrected chi connectivity index (χ4v) is 2.32.